The number of nitrogens with zero attached hydrogens (tertiary/aromatic N) is 2. The Morgan fingerprint density at radius 1 is 0.550 bits per heavy atom. The third-order valence-corrected chi connectivity index (χ3v) is 20.3. The second-order valence-electron chi connectivity index (χ2n) is 21.3. The molecule has 0 bridgehead atoms. The van der Waals surface area contributed by atoms with E-state index in [-0.39, 0.29) is 42.1 Å². The summed E-state index contributed by atoms with van der Waals surface area (Å²) in [6, 6.07) is 47.4. The third kappa shape index (κ3) is 10.1. The molecule has 412 valence electrons. The van der Waals surface area contributed by atoms with Crippen LogP contribution in [-0.2, 0) is 58.5 Å². The maximum absolute atomic E-state index is 14.9. The van der Waals surface area contributed by atoms with E-state index < -0.39 is 117 Å². The first-order chi connectivity index (χ1) is 38.6. The standard InChI is InChI=1S/C62H60N2O15Si/c1-37(65)74-53-49(63-55(67)43-30-18-19-31-44(43)56(63)68)60(71-34-39-22-10-6-11-23-39)76-48(36-73-80(62(3,4)5,41-26-14-8-15-27-41)42-28-16-9-17-29-42)52(53)79-61-50(64-57(69)45-32-20-21-33-46(45)58(64)70)54(75-38(2)66)51-47(77-61)35-72-59(78-51)40-24-12-7-13-25-40/h6-33,47-54,59-61H,34-36H2,1-5H3/t47-,48-,49-,50-,51-,52-,53-,54-,59?,60-,61+/m1/s1. The van der Waals surface area contributed by atoms with Crippen LogP contribution in [0.1, 0.15) is 93.5 Å². The van der Waals surface area contributed by atoms with Crippen LogP contribution < -0.4 is 10.4 Å². The molecular formula is C62H60N2O15Si. The highest BCUT2D eigenvalue weighted by atomic mass is 28.4. The molecule has 6 aromatic rings. The van der Waals surface area contributed by atoms with Crippen LogP contribution in [0.2, 0.25) is 5.04 Å². The molecule has 11 rings (SSSR count). The molecule has 0 spiro atoms. The number of fused-ring (bicyclic) bond motifs is 3. The molecule has 4 amide bonds. The number of carbonyl (C=O) groups is 6. The van der Waals surface area contributed by atoms with E-state index in [4.69, 9.17) is 42.3 Å². The smallest absolute Gasteiger partial charge is 0.303 e. The lowest BCUT2D eigenvalue weighted by Crippen LogP contribution is -2.72. The Kier molecular flexibility index (Phi) is 15.3. The molecule has 0 saturated carbocycles. The van der Waals surface area contributed by atoms with E-state index in [9.17, 15) is 28.8 Å². The van der Waals surface area contributed by atoms with Gasteiger partial charge in [-0.1, -0.05) is 166 Å². The zero-order valence-corrected chi connectivity index (χ0v) is 45.7. The fourth-order valence-electron chi connectivity index (χ4n) is 11.8. The number of ether oxygens (including phenoxy) is 8. The van der Waals surface area contributed by atoms with Crippen molar-refractivity contribution in [2.24, 2.45) is 0 Å². The summed E-state index contributed by atoms with van der Waals surface area (Å²) in [4.78, 5) is 88.8. The van der Waals surface area contributed by atoms with Crippen LogP contribution in [0.15, 0.2) is 170 Å². The molecule has 0 aromatic heterocycles. The van der Waals surface area contributed by atoms with Gasteiger partial charge in [0, 0.05) is 19.4 Å². The SMILES string of the molecule is CC(=O)O[C@H]1[C@@H]2OC(c3ccccc3)OC[C@H]2O[C@@H](O[C@H]2[C@H](OC(C)=O)[C@@H](N3C(=O)c4ccccc4C3=O)[C@H](OCc3ccccc3)O[C@@H]2CO[Si](c2ccccc2)(c2ccccc2)C(C)(C)C)[C@@H]1N1C(=O)c2ccccc2C1=O. The Hall–Kier alpha value is -7.52. The molecule has 6 aromatic carbocycles. The van der Waals surface area contributed by atoms with Gasteiger partial charge in [0.2, 0.25) is 0 Å². The van der Waals surface area contributed by atoms with E-state index in [1.807, 2.05) is 109 Å². The monoisotopic (exact) mass is 1100 g/mol. The lowest BCUT2D eigenvalue weighted by atomic mass is 9.92. The number of carbonyl (C=O) groups excluding carboxylic acids is 6. The van der Waals surface area contributed by atoms with Crippen molar-refractivity contribution in [1.29, 1.82) is 0 Å². The van der Waals surface area contributed by atoms with E-state index in [1.54, 1.807) is 36.4 Å². The minimum atomic E-state index is -3.47. The average Bonchev–Trinajstić information content (AvgIpc) is 3.55. The summed E-state index contributed by atoms with van der Waals surface area (Å²) >= 11 is 0. The highest BCUT2D eigenvalue weighted by molar-refractivity contribution is 6.99. The van der Waals surface area contributed by atoms with Gasteiger partial charge in [-0.3, -0.25) is 38.6 Å². The summed E-state index contributed by atoms with van der Waals surface area (Å²) in [5, 5.41) is 1.27. The first-order valence-electron chi connectivity index (χ1n) is 26.6. The van der Waals surface area contributed by atoms with Crippen LogP contribution in [-0.4, -0.2) is 128 Å². The third-order valence-electron chi connectivity index (χ3n) is 15.3. The van der Waals surface area contributed by atoms with Crippen molar-refractivity contribution in [2.75, 3.05) is 13.2 Å². The summed E-state index contributed by atoms with van der Waals surface area (Å²) in [6.07, 6.45) is -12.6. The number of imide groups is 2. The molecule has 3 saturated heterocycles. The van der Waals surface area contributed by atoms with Crippen molar-refractivity contribution in [3.8, 4) is 0 Å². The van der Waals surface area contributed by atoms with Crippen molar-refractivity contribution in [1.82, 2.24) is 9.80 Å². The molecule has 3 fully saturated rings. The van der Waals surface area contributed by atoms with Gasteiger partial charge in [-0.15, -0.1) is 0 Å². The topological polar surface area (TPSA) is 192 Å². The largest absolute Gasteiger partial charge is 0.457 e. The van der Waals surface area contributed by atoms with Crippen LogP contribution in [0.3, 0.4) is 0 Å². The minimum Gasteiger partial charge on any atom is -0.457 e. The molecule has 80 heavy (non-hydrogen) atoms. The number of hydrogen-bond donors (Lipinski definition) is 0. The van der Waals surface area contributed by atoms with E-state index in [0.717, 1.165) is 25.7 Å². The summed E-state index contributed by atoms with van der Waals surface area (Å²) in [7, 11) is -3.47. The molecule has 0 N–H and O–H groups in total. The number of benzene rings is 6. The van der Waals surface area contributed by atoms with Gasteiger partial charge in [0.25, 0.3) is 31.9 Å². The zero-order chi connectivity index (χ0) is 55.9. The number of rotatable bonds is 15. The molecule has 11 atom stereocenters. The van der Waals surface area contributed by atoms with E-state index in [2.05, 4.69) is 20.8 Å². The lowest BCUT2D eigenvalue weighted by molar-refractivity contribution is -0.372. The Bertz CT molecular complexity index is 3160. The Morgan fingerprint density at radius 3 is 1.49 bits per heavy atom. The van der Waals surface area contributed by atoms with Crippen LogP contribution in [0.25, 0.3) is 0 Å². The maximum Gasteiger partial charge on any atom is 0.303 e. The fraction of sp³-hybridized carbons (Fsp3) is 0.323. The summed E-state index contributed by atoms with van der Waals surface area (Å²) < 4.78 is 61.2. The van der Waals surface area contributed by atoms with Crippen molar-refractivity contribution in [2.45, 2.75) is 114 Å². The normalized spacial score (nSPS) is 26.6. The van der Waals surface area contributed by atoms with E-state index in [0.29, 0.717) is 5.56 Å². The molecule has 17 nitrogen and oxygen atoms in total. The molecule has 0 radical (unpaired) electrons. The summed E-state index contributed by atoms with van der Waals surface area (Å²) in [5.41, 5.74) is 1.70. The Labute approximate surface area is 463 Å². The van der Waals surface area contributed by atoms with Crippen molar-refractivity contribution >= 4 is 54.3 Å². The van der Waals surface area contributed by atoms with Crippen molar-refractivity contribution in [3.63, 3.8) is 0 Å². The lowest BCUT2D eigenvalue weighted by Gasteiger charge is -2.53. The number of hydrogen-bond acceptors (Lipinski definition) is 15. The van der Waals surface area contributed by atoms with Crippen LogP contribution in [0, 0.1) is 0 Å². The van der Waals surface area contributed by atoms with Crippen LogP contribution in [0.4, 0.5) is 0 Å². The molecule has 5 heterocycles. The predicted octanol–water partition coefficient (Wildman–Crippen LogP) is 6.92. The fourth-order valence-corrected chi connectivity index (χ4v) is 16.4. The van der Waals surface area contributed by atoms with Gasteiger partial charge in [0.05, 0.1) is 42.1 Å². The summed E-state index contributed by atoms with van der Waals surface area (Å²) in [6.45, 7) is 8.14. The average molecular weight is 1100 g/mol. The Balaban J connectivity index is 1.08. The van der Waals surface area contributed by atoms with Gasteiger partial charge in [0.15, 0.2) is 31.1 Å². The zero-order valence-electron chi connectivity index (χ0n) is 44.7. The first kappa shape index (κ1) is 54.4. The Morgan fingerprint density at radius 2 is 1.00 bits per heavy atom. The van der Waals surface area contributed by atoms with Gasteiger partial charge in [0.1, 0.15) is 36.5 Å². The maximum atomic E-state index is 14.9. The second kappa shape index (κ2) is 22.5. The molecule has 1 unspecified atom stereocenters. The second-order valence-corrected chi connectivity index (χ2v) is 25.6. The van der Waals surface area contributed by atoms with Crippen molar-refractivity contribution < 1.29 is 71.1 Å². The molecule has 0 aliphatic carbocycles. The van der Waals surface area contributed by atoms with Gasteiger partial charge in [-0.25, -0.2) is 0 Å². The first-order valence-corrected chi connectivity index (χ1v) is 28.5. The molecule has 5 aliphatic heterocycles. The summed E-state index contributed by atoms with van der Waals surface area (Å²) in [5.74, 6) is -4.52. The molecule has 5 aliphatic rings. The van der Waals surface area contributed by atoms with Crippen LogP contribution >= 0.6 is 0 Å². The van der Waals surface area contributed by atoms with Gasteiger partial charge >= 0.3 is 11.9 Å². The number of esters is 2. The predicted molar refractivity (Wildman–Crippen MR) is 290 cm³/mol. The van der Waals surface area contributed by atoms with E-state index in [1.165, 1.54) is 38.1 Å². The van der Waals surface area contributed by atoms with Crippen molar-refractivity contribution in [3.05, 3.63) is 203 Å². The highest BCUT2D eigenvalue weighted by Crippen LogP contribution is 2.44. The highest BCUT2D eigenvalue weighted by Gasteiger charge is 2.63. The molecule has 18 heteroatoms. The quantitative estimate of drug-likeness (QED) is 0.0584. The van der Waals surface area contributed by atoms with Gasteiger partial charge in [-0.05, 0) is 45.2 Å². The minimum absolute atomic E-state index is 0.0782. The molecular weight excluding hydrogens is 1040 g/mol. The van der Waals surface area contributed by atoms with E-state index >= 15 is 0 Å². The van der Waals surface area contributed by atoms with Crippen LogP contribution in [0.5, 0.6) is 0 Å². The van der Waals surface area contributed by atoms with Gasteiger partial charge in [-0.2, -0.15) is 0 Å². The number of amides is 4. The van der Waals surface area contributed by atoms with Gasteiger partial charge < -0.3 is 42.3 Å².